The SMILES string of the molecule is O=C(CC(=O)c1cccc2ccccc12)c1cccs1. The van der Waals surface area contributed by atoms with Gasteiger partial charge in [-0.3, -0.25) is 9.59 Å². The van der Waals surface area contributed by atoms with Crippen molar-refractivity contribution in [2.75, 3.05) is 0 Å². The number of ketones is 2. The van der Waals surface area contributed by atoms with E-state index >= 15 is 0 Å². The van der Waals surface area contributed by atoms with E-state index in [-0.39, 0.29) is 18.0 Å². The molecular weight excluding hydrogens is 268 g/mol. The van der Waals surface area contributed by atoms with Crippen LogP contribution in [0.4, 0.5) is 0 Å². The van der Waals surface area contributed by atoms with E-state index in [1.165, 1.54) is 11.3 Å². The number of rotatable bonds is 4. The van der Waals surface area contributed by atoms with E-state index in [0.29, 0.717) is 10.4 Å². The van der Waals surface area contributed by atoms with Crippen LogP contribution in [0, 0.1) is 0 Å². The second-order valence-electron chi connectivity index (χ2n) is 4.53. The monoisotopic (exact) mass is 280 g/mol. The summed E-state index contributed by atoms with van der Waals surface area (Å²) in [4.78, 5) is 25.0. The molecule has 2 nitrogen and oxygen atoms in total. The molecule has 98 valence electrons. The smallest absolute Gasteiger partial charge is 0.180 e. The van der Waals surface area contributed by atoms with Gasteiger partial charge in [0.1, 0.15) is 0 Å². The lowest BCUT2D eigenvalue weighted by Crippen LogP contribution is -2.07. The number of thiophene rings is 1. The Hall–Kier alpha value is -2.26. The highest BCUT2D eigenvalue weighted by atomic mass is 32.1. The minimum absolute atomic E-state index is 0.0749. The van der Waals surface area contributed by atoms with Crippen molar-refractivity contribution in [3.63, 3.8) is 0 Å². The molecule has 0 amide bonds. The molecule has 0 fully saturated rings. The maximum atomic E-state index is 12.3. The molecule has 20 heavy (non-hydrogen) atoms. The van der Waals surface area contributed by atoms with Crippen LogP contribution < -0.4 is 0 Å². The van der Waals surface area contributed by atoms with Crippen molar-refractivity contribution in [1.29, 1.82) is 0 Å². The molecule has 3 rings (SSSR count). The molecule has 0 aliphatic heterocycles. The Morgan fingerprint density at radius 1 is 0.850 bits per heavy atom. The van der Waals surface area contributed by atoms with Crippen molar-refractivity contribution in [1.82, 2.24) is 0 Å². The van der Waals surface area contributed by atoms with Gasteiger partial charge in [-0.05, 0) is 22.2 Å². The topological polar surface area (TPSA) is 34.1 Å². The molecule has 0 radical (unpaired) electrons. The number of benzene rings is 2. The van der Waals surface area contributed by atoms with Gasteiger partial charge in [0.25, 0.3) is 0 Å². The maximum absolute atomic E-state index is 12.3. The standard InChI is InChI=1S/C17H12O2S/c18-15(11-16(19)17-9-4-10-20-17)14-8-3-6-12-5-1-2-7-13(12)14/h1-10H,11H2. The van der Waals surface area contributed by atoms with Gasteiger partial charge in [0.2, 0.25) is 0 Å². The lowest BCUT2D eigenvalue weighted by Gasteiger charge is -2.04. The zero-order valence-corrected chi connectivity index (χ0v) is 11.5. The highest BCUT2D eigenvalue weighted by Crippen LogP contribution is 2.21. The summed E-state index contributed by atoms with van der Waals surface area (Å²) in [5.41, 5.74) is 0.619. The second-order valence-corrected chi connectivity index (χ2v) is 5.47. The first-order valence-corrected chi connectivity index (χ1v) is 7.21. The van der Waals surface area contributed by atoms with Crippen LogP contribution in [-0.2, 0) is 0 Å². The number of Topliss-reactive ketones (excluding diaryl/α,β-unsaturated/α-hetero) is 2. The molecule has 0 atom stereocenters. The first-order valence-electron chi connectivity index (χ1n) is 6.33. The van der Waals surface area contributed by atoms with Gasteiger partial charge < -0.3 is 0 Å². The fraction of sp³-hybridized carbons (Fsp3) is 0.0588. The van der Waals surface area contributed by atoms with Gasteiger partial charge in [0.15, 0.2) is 11.6 Å². The third kappa shape index (κ3) is 2.40. The van der Waals surface area contributed by atoms with Crippen molar-refractivity contribution in [2.45, 2.75) is 6.42 Å². The Labute approximate surface area is 120 Å². The minimum atomic E-state index is -0.125. The molecule has 0 aliphatic carbocycles. The summed E-state index contributed by atoms with van der Waals surface area (Å²) in [5, 5.41) is 3.76. The molecule has 3 aromatic rings. The minimum Gasteiger partial charge on any atom is -0.294 e. The van der Waals surface area contributed by atoms with E-state index in [9.17, 15) is 9.59 Å². The third-order valence-electron chi connectivity index (χ3n) is 3.21. The first-order chi connectivity index (χ1) is 9.75. The van der Waals surface area contributed by atoms with E-state index < -0.39 is 0 Å². The summed E-state index contributed by atoms with van der Waals surface area (Å²) >= 11 is 1.37. The molecule has 3 heteroatoms. The molecule has 2 aromatic carbocycles. The summed E-state index contributed by atoms with van der Waals surface area (Å²) in [7, 11) is 0. The van der Waals surface area contributed by atoms with E-state index in [4.69, 9.17) is 0 Å². The zero-order valence-electron chi connectivity index (χ0n) is 10.7. The van der Waals surface area contributed by atoms with Crippen LogP contribution in [0.3, 0.4) is 0 Å². The average molecular weight is 280 g/mol. The van der Waals surface area contributed by atoms with Gasteiger partial charge in [0.05, 0.1) is 11.3 Å². The number of hydrogen-bond acceptors (Lipinski definition) is 3. The summed E-state index contributed by atoms with van der Waals surface area (Å²) in [6.45, 7) is 0. The molecule has 0 unspecified atom stereocenters. The lowest BCUT2D eigenvalue weighted by molar-refractivity contribution is 0.0897. The Morgan fingerprint density at radius 2 is 1.65 bits per heavy atom. The van der Waals surface area contributed by atoms with Crippen molar-refractivity contribution < 1.29 is 9.59 Å². The number of carbonyl (C=O) groups excluding carboxylic acids is 2. The Morgan fingerprint density at radius 3 is 2.45 bits per heavy atom. The van der Waals surface area contributed by atoms with E-state index in [1.54, 1.807) is 12.1 Å². The van der Waals surface area contributed by atoms with Crippen LogP contribution in [0.1, 0.15) is 26.5 Å². The molecule has 0 saturated carbocycles. The summed E-state index contributed by atoms with van der Waals surface area (Å²) in [5.74, 6) is -0.238. The van der Waals surface area contributed by atoms with E-state index in [1.807, 2.05) is 47.8 Å². The van der Waals surface area contributed by atoms with Crippen LogP contribution >= 0.6 is 11.3 Å². The van der Waals surface area contributed by atoms with Crippen molar-refractivity contribution in [3.05, 3.63) is 70.4 Å². The Kier molecular flexibility index (Phi) is 3.44. The first kappa shape index (κ1) is 12.8. The molecule has 0 spiro atoms. The van der Waals surface area contributed by atoms with Gasteiger partial charge in [-0.15, -0.1) is 11.3 Å². The van der Waals surface area contributed by atoms with Gasteiger partial charge in [-0.25, -0.2) is 0 Å². The van der Waals surface area contributed by atoms with Gasteiger partial charge >= 0.3 is 0 Å². The molecule has 1 aromatic heterocycles. The molecule has 0 aliphatic rings. The fourth-order valence-corrected chi connectivity index (χ4v) is 2.90. The van der Waals surface area contributed by atoms with Crippen LogP contribution in [0.15, 0.2) is 60.0 Å². The van der Waals surface area contributed by atoms with Crippen LogP contribution in [-0.4, -0.2) is 11.6 Å². The number of fused-ring (bicyclic) bond motifs is 1. The predicted molar refractivity (Wildman–Crippen MR) is 81.5 cm³/mol. The zero-order chi connectivity index (χ0) is 13.9. The van der Waals surface area contributed by atoms with Crippen molar-refractivity contribution in [2.24, 2.45) is 0 Å². The molecular formula is C17H12O2S. The van der Waals surface area contributed by atoms with E-state index in [2.05, 4.69) is 0 Å². The summed E-state index contributed by atoms with van der Waals surface area (Å²) in [6.07, 6.45) is -0.0749. The predicted octanol–water partition coefficient (Wildman–Crippen LogP) is 4.36. The van der Waals surface area contributed by atoms with Crippen LogP contribution in [0.5, 0.6) is 0 Å². The highest BCUT2D eigenvalue weighted by molar-refractivity contribution is 7.12. The van der Waals surface area contributed by atoms with Crippen LogP contribution in [0.2, 0.25) is 0 Å². The lowest BCUT2D eigenvalue weighted by atomic mass is 9.98. The highest BCUT2D eigenvalue weighted by Gasteiger charge is 2.16. The normalized spacial score (nSPS) is 10.6. The fourth-order valence-electron chi connectivity index (χ4n) is 2.23. The quantitative estimate of drug-likeness (QED) is 0.525. The molecule has 0 N–H and O–H groups in total. The number of carbonyl (C=O) groups is 2. The Bertz CT molecular complexity index is 767. The molecule has 0 bridgehead atoms. The summed E-state index contributed by atoms with van der Waals surface area (Å²) in [6, 6.07) is 16.9. The van der Waals surface area contributed by atoms with Crippen molar-refractivity contribution in [3.8, 4) is 0 Å². The second kappa shape index (κ2) is 5.39. The van der Waals surface area contributed by atoms with Crippen LogP contribution in [0.25, 0.3) is 10.8 Å². The van der Waals surface area contributed by atoms with Gasteiger partial charge in [-0.1, -0.05) is 48.5 Å². The third-order valence-corrected chi connectivity index (χ3v) is 4.12. The largest absolute Gasteiger partial charge is 0.294 e. The number of hydrogen-bond donors (Lipinski definition) is 0. The molecule has 0 saturated heterocycles. The summed E-state index contributed by atoms with van der Waals surface area (Å²) < 4.78 is 0. The van der Waals surface area contributed by atoms with Crippen molar-refractivity contribution >= 4 is 33.7 Å². The molecule has 1 heterocycles. The van der Waals surface area contributed by atoms with E-state index in [0.717, 1.165) is 10.8 Å². The van der Waals surface area contributed by atoms with Gasteiger partial charge in [0, 0.05) is 5.56 Å². The Balaban J connectivity index is 1.91. The average Bonchev–Trinajstić information content (AvgIpc) is 3.01. The maximum Gasteiger partial charge on any atom is 0.180 e. The van der Waals surface area contributed by atoms with Gasteiger partial charge in [-0.2, -0.15) is 0 Å².